The highest BCUT2D eigenvalue weighted by Gasteiger charge is 2.23. The summed E-state index contributed by atoms with van der Waals surface area (Å²) in [4.78, 5) is 14.8. The number of hydrogen-bond donors (Lipinski definition) is 0. The number of hydrogen-bond acceptors (Lipinski definition) is 2. The number of benzene rings is 2. The molecule has 2 aromatic rings. The molecule has 0 aromatic heterocycles. The fourth-order valence-corrected chi connectivity index (χ4v) is 4.06. The average molecular weight is 394 g/mol. The monoisotopic (exact) mass is 393 g/mol. The van der Waals surface area contributed by atoms with E-state index < -0.39 is 0 Å². The Morgan fingerprint density at radius 3 is 2.31 bits per heavy atom. The lowest BCUT2D eigenvalue weighted by Gasteiger charge is -2.32. The first-order valence-corrected chi connectivity index (χ1v) is 11.3. The van der Waals surface area contributed by atoms with Crippen molar-refractivity contribution < 1.29 is 9.53 Å². The van der Waals surface area contributed by atoms with E-state index in [1.54, 1.807) is 0 Å². The largest absolute Gasteiger partial charge is 0.494 e. The quantitative estimate of drug-likeness (QED) is 0.454. The maximum atomic E-state index is 12.8. The number of amides is 1. The molecule has 0 saturated carbocycles. The van der Waals surface area contributed by atoms with Crippen molar-refractivity contribution in [3.05, 3.63) is 65.7 Å². The highest BCUT2D eigenvalue weighted by molar-refractivity contribution is 5.94. The Bertz CT molecular complexity index is 718. The molecule has 0 N–H and O–H groups in total. The van der Waals surface area contributed by atoms with Crippen molar-refractivity contribution in [1.82, 2.24) is 4.90 Å². The highest BCUT2D eigenvalue weighted by Crippen LogP contribution is 2.23. The Morgan fingerprint density at radius 1 is 0.931 bits per heavy atom. The summed E-state index contributed by atoms with van der Waals surface area (Å²) in [5.41, 5.74) is 2.17. The van der Waals surface area contributed by atoms with Crippen molar-refractivity contribution in [1.29, 1.82) is 0 Å². The molecular formula is C26H35NO2. The average Bonchev–Trinajstić information content (AvgIpc) is 2.77. The van der Waals surface area contributed by atoms with Gasteiger partial charge in [0.05, 0.1) is 6.61 Å². The lowest BCUT2D eigenvalue weighted by atomic mass is 9.90. The first kappa shape index (κ1) is 21.4. The van der Waals surface area contributed by atoms with Gasteiger partial charge in [0, 0.05) is 18.7 Å². The van der Waals surface area contributed by atoms with E-state index in [4.69, 9.17) is 4.74 Å². The van der Waals surface area contributed by atoms with Gasteiger partial charge < -0.3 is 9.64 Å². The van der Waals surface area contributed by atoms with E-state index in [1.165, 1.54) is 31.2 Å². The van der Waals surface area contributed by atoms with E-state index in [-0.39, 0.29) is 5.91 Å². The van der Waals surface area contributed by atoms with Crippen molar-refractivity contribution in [3.63, 3.8) is 0 Å². The van der Waals surface area contributed by atoms with Gasteiger partial charge in [-0.15, -0.1) is 0 Å². The van der Waals surface area contributed by atoms with Crippen LogP contribution in [0.5, 0.6) is 5.75 Å². The van der Waals surface area contributed by atoms with Crippen LogP contribution in [0.15, 0.2) is 54.6 Å². The summed E-state index contributed by atoms with van der Waals surface area (Å²) in [6.45, 7) is 4.69. The smallest absolute Gasteiger partial charge is 0.253 e. The second-order valence-corrected chi connectivity index (χ2v) is 8.21. The summed E-state index contributed by atoms with van der Waals surface area (Å²) >= 11 is 0. The van der Waals surface area contributed by atoms with E-state index >= 15 is 0 Å². The molecule has 0 atom stereocenters. The number of carbonyl (C=O) groups is 1. The number of piperidine rings is 1. The molecule has 0 bridgehead atoms. The Balaban J connectivity index is 1.40. The predicted octanol–water partition coefficient (Wildman–Crippen LogP) is 6.13. The number of likely N-dealkylation sites (tertiary alicyclic amines) is 1. The topological polar surface area (TPSA) is 29.5 Å². The van der Waals surface area contributed by atoms with Gasteiger partial charge in [-0.3, -0.25) is 4.79 Å². The number of rotatable bonds is 10. The Hall–Kier alpha value is -2.29. The summed E-state index contributed by atoms with van der Waals surface area (Å²) in [6, 6.07) is 18.4. The Kier molecular flexibility index (Phi) is 8.60. The van der Waals surface area contributed by atoms with Crippen LogP contribution in [0.4, 0.5) is 0 Å². The molecule has 1 aliphatic heterocycles. The van der Waals surface area contributed by atoms with Crippen LogP contribution in [0.25, 0.3) is 0 Å². The molecule has 1 heterocycles. The number of ether oxygens (including phenoxy) is 1. The van der Waals surface area contributed by atoms with Gasteiger partial charge in [-0.2, -0.15) is 0 Å². The molecule has 1 aliphatic rings. The summed E-state index contributed by atoms with van der Waals surface area (Å²) in [6.07, 6.45) is 9.47. The van der Waals surface area contributed by atoms with Crippen LogP contribution in [-0.4, -0.2) is 30.5 Å². The van der Waals surface area contributed by atoms with Gasteiger partial charge in [0.25, 0.3) is 5.91 Å². The first-order chi connectivity index (χ1) is 14.3. The van der Waals surface area contributed by atoms with E-state index in [2.05, 4.69) is 37.3 Å². The normalized spacial score (nSPS) is 14.7. The van der Waals surface area contributed by atoms with Crippen molar-refractivity contribution in [2.24, 2.45) is 5.92 Å². The van der Waals surface area contributed by atoms with E-state index in [0.717, 1.165) is 56.7 Å². The molecule has 1 fully saturated rings. The van der Waals surface area contributed by atoms with Gasteiger partial charge >= 0.3 is 0 Å². The van der Waals surface area contributed by atoms with Crippen LogP contribution in [0.2, 0.25) is 0 Å². The molecule has 2 aromatic carbocycles. The van der Waals surface area contributed by atoms with Crippen molar-refractivity contribution in [3.8, 4) is 5.75 Å². The molecule has 0 aliphatic carbocycles. The first-order valence-electron chi connectivity index (χ1n) is 11.3. The van der Waals surface area contributed by atoms with Crippen molar-refractivity contribution in [2.45, 2.75) is 58.3 Å². The minimum atomic E-state index is 0.147. The second kappa shape index (κ2) is 11.6. The molecule has 3 heteroatoms. The molecular weight excluding hydrogens is 358 g/mol. The van der Waals surface area contributed by atoms with Crippen LogP contribution in [0, 0.1) is 5.92 Å². The summed E-state index contributed by atoms with van der Waals surface area (Å²) < 4.78 is 5.81. The maximum absolute atomic E-state index is 12.8. The summed E-state index contributed by atoms with van der Waals surface area (Å²) in [5.74, 6) is 1.68. The molecule has 3 nitrogen and oxygen atoms in total. The molecule has 1 amide bonds. The Morgan fingerprint density at radius 2 is 1.62 bits per heavy atom. The van der Waals surface area contributed by atoms with Crippen molar-refractivity contribution >= 4 is 5.91 Å². The van der Waals surface area contributed by atoms with E-state index in [9.17, 15) is 4.79 Å². The molecule has 0 radical (unpaired) electrons. The third-order valence-electron chi connectivity index (χ3n) is 5.89. The Labute approximate surface area is 176 Å². The SMILES string of the molecule is CCCCCCCOc1ccc(C(=O)N2CCC(Cc3ccccc3)CC2)cc1. The van der Waals surface area contributed by atoms with Crippen LogP contribution in [0.3, 0.4) is 0 Å². The van der Waals surface area contributed by atoms with Gasteiger partial charge in [-0.05, 0) is 61.4 Å². The van der Waals surface area contributed by atoms with Gasteiger partial charge in [0.15, 0.2) is 0 Å². The minimum absolute atomic E-state index is 0.147. The maximum Gasteiger partial charge on any atom is 0.253 e. The fraction of sp³-hybridized carbons (Fsp3) is 0.500. The number of unbranched alkanes of at least 4 members (excludes halogenated alkanes) is 4. The van der Waals surface area contributed by atoms with Crippen LogP contribution in [0.1, 0.15) is 67.8 Å². The van der Waals surface area contributed by atoms with Gasteiger partial charge in [-0.25, -0.2) is 0 Å². The van der Waals surface area contributed by atoms with Gasteiger partial charge in [0.1, 0.15) is 5.75 Å². The zero-order chi connectivity index (χ0) is 20.3. The van der Waals surface area contributed by atoms with E-state index in [0.29, 0.717) is 5.92 Å². The molecule has 3 rings (SSSR count). The van der Waals surface area contributed by atoms with Crippen LogP contribution >= 0.6 is 0 Å². The lowest BCUT2D eigenvalue weighted by molar-refractivity contribution is 0.0690. The molecule has 29 heavy (non-hydrogen) atoms. The summed E-state index contributed by atoms with van der Waals surface area (Å²) in [7, 11) is 0. The zero-order valence-corrected chi connectivity index (χ0v) is 17.8. The lowest BCUT2D eigenvalue weighted by Crippen LogP contribution is -2.38. The van der Waals surface area contributed by atoms with Crippen LogP contribution < -0.4 is 4.74 Å². The molecule has 156 valence electrons. The molecule has 0 spiro atoms. The third-order valence-corrected chi connectivity index (χ3v) is 5.89. The molecule has 1 saturated heterocycles. The zero-order valence-electron chi connectivity index (χ0n) is 17.8. The molecule has 0 unspecified atom stereocenters. The number of nitrogens with zero attached hydrogens (tertiary/aromatic N) is 1. The van der Waals surface area contributed by atoms with Crippen LogP contribution in [-0.2, 0) is 6.42 Å². The predicted molar refractivity (Wildman–Crippen MR) is 119 cm³/mol. The fourth-order valence-electron chi connectivity index (χ4n) is 4.06. The number of carbonyl (C=O) groups excluding carboxylic acids is 1. The second-order valence-electron chi connectivity index (χ2n) is 8.21. The standard InChI is InChI=1S/C26H35NO2/c1-2-3-4-5-9-20-29-25-14-12-24(13-15-25)26(28)27-18-16-23(17-19-27)21-22-10-7-6-8-11-22/h6-8,10-15,23H,2-5,9,16-21H2,1H3. The van der Waals surface area contributed by atoms with Gasteiger partial charge in [-0.1, -0.05) is 62.9 Å². The third kappa shape index (κ3) is 6.92. The van der Waals surface area contributed by atoms with Crippen molar-refractivity contribution in [2.75, 3.05) is 19.7 Å². The van der Waals surface area contributed by atoms with Gasteiger partial charge in [0.2, 0.25) is 0 Å². The minimum Gasteiger partial charge on any atom is -0.494 e. The highest BCUT2D eigenvalue weighted by atomic mass is 16.5. The van der Waals surface area contributed by atoms with E-state index in [1.807, 2.05) is 29.2 Å². The summed E-state index contributed by atoms with van der Waals surface area (Å²) in [5, 5.41) is 0.